The van der Waals surface area contributed by atoms with E-state index in [1.54, 1.807) is 13.0 Å². The Balaban J connectivity index is 1.47. The molecule has 2 aromatic heterocycles. The van der Waals surface area contributed by atoms with Crippen molar-refractivity contribution < 1.29 is 36.8 Å². The number of nitrogens with zero attached hydrogens (tertiary/aromatic N) is 2. The Morgan fingerprint density at radius 2 is 1.91 bits per heavy atom. The molecular weight excluding hydrogens is 477 g/mol. The maximum Gasteiger partial charge on any atom is 0.341 e. The molecule has 0 unspecified atom stereocenters. The monoisotopic (exact) mass is 494 g/mol. The number of esters is 1. The van der Waals surface area contributed by atoms with Crippen molar-refractivity contribution in [2.45, 2.75) is 17.7 Å². The van der Waals surface area contributed by atoms with E-state index in [2.05, 4.69) is 15.5 Å². The van der Waals surface area contributed by atoms with Crippen molar-refractivity contribution in [1.82, 2.24) is 15.5 Å². The Labute approximate surface area is 195 Å². The van der Waals surface area contributed by atoms with Crippen molar-refractivity contribution in [3.63, 3.8) is 0 Å². The summed E-state index contributed by atoms with van der Waals surface area (Å²) in [4.78, 5) is 40.2. The number of carbonyl (C=O) groups excluding carboxylic acids is 3. The predicted octanol–water partition coefficient (Wildman–Crippen LogP) is 3.00. The molecule has 13 heteroatoms. The molecule has 2 N–H and O–H groups in total. The van der Waals surface area contributed by atoms with Crippen molar-refractivity contribution in [2.75, 3.05) is 18.5 Å². The van der Waals surface area contributed by atoms with Gasteiger partial charge in [-0.25, -0.2) is 22.9 Å². The van der Waals surface area contributed by atoms with E-state index in [1.807, 2.05) is 5.32 Å². The molecule has 0 saturated heterocycles. The van der Waals surface area contributed by atoms with Crippen LogP contribution in [0.2, 0.25) is 0 Å². The van der Waals surface area contributed by atoms with Gasteiger partial charge in [0.1, 0.15) is 10.8 Å². The number of ether oxygens (including phenoxy) is 1. The van der Waals surface area contributed by atoms with Gasteiger partial charge in [0.15, 0.2) is 24.1 Å². The van der Waals surface area contributed by atoms with Crippen LogP contribution in [-0.4, -0.2) is 41.1 Å². The van der Waals surface area contributed by atoms with Gasteiger partial charge in [0, 0.05) is 18.0 Å². The molecule has 178 valence electrons. The zero-order valence-corrected chi connectivity index (χ0v) is 18.4. The number of halogens is 3. The first-order valence-corrected chi connectivity index (χ1v) is 10.6. The zero-order valence-electron chi connectivity index (χ0n) is 17.6. The van der Waals surface area contributed by atoms with Gasteiger partial charge in [-0.2, -0.15) is 0 Å². The van der Waals surface area contributed by atoms with E-state index < -0.39 is 54.1 Å². The fourth-order valence-corrected chi connectivity index (χ4v) is 3.41. The van der Waals surface area contributed by atoms with Gasteiger partial charge < -0.3 is 19.9 Å². The smallest absolute Gasteiger partial charge is 0.341 e. The quantitative estimate of drug-likeness (QED) is 0.264. The van der Waals surface area contributed by atoms with E-state index >= 15 is 0 Å². The number of nitrogens with one attached hydrogen (secondary N) is 2. The van der Waals surface area contributed by atoms with Gasteiger partial charge in [0.2, 0.25) is 5.91 Å². The number of thioether (sulfide) groups is 1. The molecule has 0 aliphatic rings. The van der Waals surface area contributed by atoms with E-state index in [1.165, 1.54) is 30.1 Å². The lowest BCUT2D eigenvalue weighted by atomic mass is 10.2. The summed E-state index contributed by atoms with van der Waals surface area (Å²) >= 11 is 1.23. The second kappa shape index (κ2) is 11.3. The van der Waals surface area contributed by atoms with E-state index in [-0.39, 0.29) is 5.56 Å². The molecule has 0 atom stereocenters. The number of amides is 2. The first-order valence-electron chi connectivity index (χ1n) is 9.61. The number of aryl methyl sites for hydroxylation is 1. The number of hydrogen-bond donors (Lipinski definition) is 2. The second-order valence-electron chi connectivity index (χ2n) is 6.70. The Kier molecular flexibility index (Phi) is 8.24. The minimum absolute atomic E-state index is 0.132. The normalized spacial score (nSPS) is 10.6. The molecule has 0 saturated carbocycles. The summed E-state index contributed by atoms with van der Waals surface area (Å²) in [6.07, 6.45) is 1.49. The summed E-state index contributed by atoms with van der Waals surface area (Å²) < 4.78 is 49.7. The highest BCUT2D eigenvalue weighted by atomic mass is 32.2. The van der Waals surface area contributed by atoms with E-state index in [0.717, 1.165) is 6.07 Å². The van der Waals surface area contributed by atoms with Crippen LogP contribution < -0.4 is 10.6 Å². The Hall–Kier alpha value is -3.87. The number of pyridine rings is 1. The summed E-state index contributed by atoms with van der Waals surface area (Å²) in [5, 5.41) is 8.38. The Bertz CT molecular complexity index is 1220. The summed E-state index contributed by atoms with van der Waals surface area (Å²) in [7, 11) is 0. The van der Waals surface area contributed by atoms with Gasteiger partial charge in [-0.05, 0) is 31.2 Å². The van der Waals surface area contributed by atoms with Crippen LogP contribution in [0.1, 0.15) is 21.8 Å². The third-order valence-corrected chi connectivity index (χ3v) is 5.15. The van der Waals surface area contributed by atoms with Crippen LogP contribution in [0.4, 0.5) is 18.9 Å². The summed E-state index contributed by atoms with van der Waals surface area (Å²) in [5.74, 6) is -6.21. The molecule has 9 nitrogen and oxygen atoms in total. The third kappa shape index (κ3) is 6.57. The van der Waals surface area contributed by atoms with E-state index in [9.17, 15) is 27.6 Å². The highest BCUT2D eigenvalue weighted by Crippen LogP contribution is 2.24. The highest BCUT2D eigenvalue weighted by Gasteiger charge is 2.18. The van der Waals surface area contributed by atoms with Gasteiger partial charge in [-0.15, -0.1) is 0 Å². The number of benzene rings is 1. The predicted molar refractivity (Wildman–Crippen MR) is 113 cm³/mol. The molecule has 2 amide bonds. The van der Waals surface area contributed by atoms with Crippen LogP contribution in [0.3, 0.4) is 0 Å². The molecule has 2 heterocycles. The van der Waals surface area contributed by atoms with Crippen LogP contribution >= 0.6 is 11.8 Å². The Morgan fingerprint density at radius 1 is 1.12 bits per heavy atom. The minimum atomic E-state index is -1.74. The van der Waals surface area contributed by atoms with Crippen LogP contribution in [0, 0.1) is 24.4 Å². The number of aromatic nitrogens is 2. The lowest BCUT2D eigenvalue weighted by Gasteiger charge is -2.10. The van der Waals surface area contributed by atoms with Crippen LogP contribution in [0.15, 0.2) is 46.1 Å². The summed E-state index contributed by atoms with van der Waals surface area (Å²) in [5.41, 5.74) is 0.201. The van der Waals surface area contributed by atoms with Crippen molar-refractivity contribution >= 4 is 35.2 Å². The first-order chi connectivity index (χ1) is 16.2. The average molecular weight is 494 g/mol. The lowest BCUT2D eigenvalue weighted by Crippen LogP contribution is -2.35. The van der Waals surface area contributed by atoms with Crippen molar-refractivity contribution in [3.8, 4) is 0 Å². The molecule has 0 radical (unpaired) electrons. The number of carbonyl (C=O) groups is 3. The molecular formula is C21H17F3N4O5S. The molecule has 3 aromatic rings. The molecule has 1 aromatic carbocycles. The number of rotatable bonds is 9. The minimum Gasteiger partial charge on any atom is -0.452 e. The number of hydrogen-bond acceptors (Lipinski definition) is 8. The fraction of sp³-hybridized carbons (Fsp3) is 0.190. The van der Waals surface area contributed by atoms with E-state index in [0.29, 0.717) is 28.3 Å². The Morgan fingerprint density at radius 3 is 2.65 bits per heavy atom. The molecule has 0 spiro atoms. The van der Waals surface area contributed by atoms with Crippen LogP contribution in [0.5, 0.6) is 0 Å². The molecule has 0 bridgehead atoms. The standard InChI is InChI=1S/C21H17F3N4O5S/c1-11-7-12(28-33-11)10-34-20-13(3-2-6-25-20)21(31)32-9-17(30)26-8-16(29)27-15-5-4-14(22)18(23)19(15)24/h2-7H,8-10H2,1H3,(H,26,30)(H,27,29). The van der Waals surface area contributed by atoms with Gasteiger partial charge in [0.05, 0.1) is 23.5 Å². The van der Waals surface area contributed by atoms with E-state index in [4.69, 9.17) is 9.26 Å². The lowest BCUT2D eigenvalue weighted by molar-refractivity contribution is -0.126. The van der Waals surface area contributed by atoms with Crippen molar-refractivity contribution in [1.29, 1.82) is 0 Å². The SMILES string of the molecule is Cc1cc(CSc2ncccc2C(=O)OCC(=O)NCC(=O)Nc2ccc(F)c(F)c2F)no1. The fourth-order valence-electron chi connectivity index (χ4n) is 2.55. The molecule has 34 heavy (non-hydrogen) atoms. The largest absolute Gasteiger partial charge is 0.452 e. The summed E-state index contributed by atoms with van der Waals surface area (Å²) in [6, 6.07) is 6.23. The van der Waals surface area contributed by atoms with Gasteiger partial charge in [0.25, 0.3) is 5.91 Å². The first kappa shape index (κ1) is 24.8. The maximum atomic E-state index is 13.6. The third-order valence-electron chi connectivity index (χ3n) is 4.11. The molecule has 0 aliphatic heterocycles. The maximum absolute atomic E-state index is 13.6. The second-order valence-corrected chi connectivity index (χ2v) is 7.66. The van der Waals surface area contributed by atoms with Crippen LogP contribution in [0.25, 0.3) is 0 Å². The molecule has 0 fully saturated rings. The van der Waals surface area contributed by atoms with Crippen molar-refractivity contribution in [2.24, 2.45) is 0 Å². The van der Waals surface area contributed by atoms with Crippen LogP contribution in [-0.2, 0) is 20.1 Å². The topological polar surface area (TPSA) is 123 Å². The van der Waals surface area contributed by atoms with Gasteiger partial charge >= 0.3 is 5.97 Å². The number of anilines is 1. The molecule has 3 rings (SSSR count). The molecule has 0 aliphatic carbocycles. The highest BCUT2D eigenvalue weighted by molar-refractivity contribution is 7.98. The van der Waals surface area contributed by atoms with Crippen molar-refractivity contribution in [3.05, 3.63) is 71.0 Å². The van der Waals surface area contributed by atoms with Gasteiger partial charge in [-0.3, -0.25) is 9.59 Å². The zero-order chi connectivity index (χ0) is 24.7. The average Bonchev–Trinajstić information content (AvgIpc) is 3.25. The van der Waals surface area contributed by atoms with Gasteiger partial charge in [-0.1, -0.05) is 16.9 Å². The summed E-state index contributed by atoms with van der Waals surface area (Å²) in [6.45, 7) is 0.424.